The standard InChI is InChI=1S/C11H20N4O2S/c1-9(2)15-11(13-8-14-15)6-12-5-10-3-4-18(16,17)7-10/h8-10,12H,3-7H2,1-2H3. The average molecular weight is 272 g/mol. The fourth-order valence-corrected chi connectivity index (χ4v) is 4.11. The predicted octanol–water partition coefficient (Wildman–Crippen LogP) is 0.383. The van der Waals surface area contributed by atoms with Gasteiger partial charge in [-0.15, -0.1) is 0 Å². The van der Waals surface area contributed by atoms with E-state index in [4.69, 9.17) is 0 Å². The Balaban J connectivity index is 1.81. The van der Waals surface area contributed by atoms with E-state index in [9.17, 15) is 8.42 Å². The van der Waals surface area contributed by atoms with E-state index >= 15 is 0 Å². The van der Waals surface area contributed by atoms with Gasteiger partial charge in [-0.1, -0.05) is 0 Å². The van der Waals surface area contributed by atoms with Crippen LogP contribution in [0.15, 0.2) is 6.33 Å². The van der Waals surface area contributed by atoms with Gasteiger partial charge in [-0.25, -0.2) is 18.1 Å². The second kappa shape index (κ2) is 5.36. The summed E-state index contributed by atoms with van der Waals surface area (Å²) in [6.07, 6.45) is 2.32. The molecule has 1 aromatic heterocycles. The fraction of sp³-hybridized carbons (Fsp3) is 0.818. The Labute approximate surface area is 108 Å². The van der Waals surface area contributed by atoms with E-state index in [0.29, 0.717) is 18.1 Å². The number of nitrogens with one attached hydrogen (secondary N) is 1. The highest BCUT2D eigenvalue weighted by atomic mass is 32.2. The van der Waals surface area contributed by atoms with Gasteiger partial charge in [-0.3, -0.25) is 0 Å². The molecular formula is C11H20N4O2S. The van der Waals surface area contributed by atoms with Gasteiger partial charge < -0.3 is 5.32 Å². The molecule has 1 aliphatic heterocycles. The van der Waals surface area contributed by atoms with E-state index in [1.165, 1.54) is 0 Å². The van der Waals surface area contributed by atoms with Crippen molar-refractivity contribution in [3.8, 4) is 0 Å². The lowest BCUT2D eigenvalue weighted by Crippen LogP contribution is -2.25. The molecular weight excluding hydrogens is 252 g/mol. The molecule has 0 spiro atoms. The number of sulfone groups is 1. The first kappa shape index (κ1) is 13.5. The zero-order chi connectivity index (χ0) is 13.2. The quantitative estimate of drug-likeness (QED) is 0.838. The third-order valence-electron chi connectivity index (χ3n) is 3.18. The van der Waals surface area contributed by atoms with E-state index in [1.807, 2.05) is 4.68 Å². The molecule has 0 bridgehead atoms. The summed E-state index contributed by atoms with van der Waals surface area (Å²) in [7, 11) is -2.77. The maximum absolute atomic E-state index is 11.3. The SMILES string of the molecule is CC(C)n1ncnc1CNCC1CCS(=O)(=O)C1. The lowest BCUT2D eigenvalue weighted by Gasteiger charge is -2.12. The third kappa shape index (κ3) is 3.29. The molecule has 18 heavy (non-hydrogen) atoms. The van der Waals surface area contributed by atoms with E-state index in [1.54, 1.807) is 6.33 Å². The van der Waals surface area contributed by atoms with Gasteiger partial charge in [0, 0.05) is 6.04 Å². The van der Waals surface area contributed by atoms with Crippen LogP contribution in [0.5, 0.6) is 0 Å². The van der Waals surface area contributed by atoms with Gasteiger partial charge >= 0.3 is 0 Å². The molecule has 0 saturated carbocycles. The first-order chi connectivity index (χ1) is 8.48. The zero-order valence-corrected chi connectivity index (χ0v) is 11.7. The molecule has 1 saturated heterocycles. The molecule has 1 fully saturated rings. The fourth-order valence-electron chi connectivity index (χ4n) is 2.25. The van der Waals surface area contributed by atoms with E-state index in [0.717, 1.165) is 18.8 Å². The summed E-state index contributed by atoms with van der Waals surface area (Å²) >= 11 is 0. The van der Waals surface area contributed by atoms with Gasteiger partial charge in [0.05, 0.1) is 18.1 Å². The number of aromatic nitrogens is 3. The largest absolute Gasteiger partial charge is 0.310 e. The Morgan fingerprint density at radius 2 is 2.33 bits per heavy atom. The molecule has 102 valence electrons. The van der Waals surface area contributed by atoms with Crippen LogP contribution in [0.25, 0.3) is 0 Å². The lowest BCUT2D eigenvalue weighted by molar-refractivity contribution is 0.468. The highest BCUT2D eigenvalue weighted by molar-refractivity contribution is 7.91. The van der Waals surface area contributed by atoms with Crippen molar-refractivity contribution in [2.45, 2.75) is 32.9 Å². The average Bonchev–Trinajstić information content (AvgIpc) is 2.85. The Bertz CT molecular complexity index is 495. The zero-order valence-electron chi connectivity index (χ0n) is 10.8. The number of hydrogen-bond acceptors (Lipinski definition) is 5. The molecule has 1 aromatic rings. The van der Waals surface area contributed by atoms with Crippen LogP contribution >= 0.6 is 0 Å². The van der Waals surface area contributed by atoms with Gasteiger partial charge in [0.15, 0.2) is 9.84 Å². The molecule has 0 aliphatic carbocycles. The molecule has 1 atom stereocenters. The van der Waals surface area contributed by atoms with Gasteiger partial charge in [0.1, 0.15) is 12.2 Å². The maximum atomic E-state index is 11.3. The van der Waals surface area contributed by atoms with Gasteiger partial charge in [-0.05, 0) is 32.7 Å². The molecule has 0 aromatic carbocycles. The molecule has 2 rings (SSSR count). The van der Waals surface area contributed by atoms with E-state index in [2.05, 4.69) is 29.2 Å². The minimum absolute atomic E-state index is 0.241. The van der Waals surface area contributed by atoms with Crippen molar-refractivity contribution in [1.82, 2.24) is 20.1 Å². The van der Waals surface area contributed by atoms with Gasteiger partial charge in [-0.2, -0.15) is 5.10 Å². The number of nitrogens with zero attached hydrogens (tertiary/aromatic N) is 3. The molecule has 1 aliphatic rings. The minimum Gasteiger partial charge on any atom is -0.310 e. The Hall–Kier alpha value is -0.950. The van der Waals surface area contributed by atoms with Crippen molar-refractivity contribution < 1.29 is 8.42 Å². The van der Waals surface area contributed by atoms with Crippen LogP contribution in [-0.4, -0.2) is 41.2 Å². The Morgan fingerprint density at radius 3 is 2.94 bits per heavy atom. The van der Waals surface area contributed by atoms with Crippen LogP contribution < -0.4 is 5.32 Å². The van der Waals surface area contributed by atoms with Crippen LogP contribution in [0.3, 0.4) is 0 Å². The highest BCUT2D eigenvalue weighted by Gasteiger charge is 2.27. The summed E-state index contributed by atoms with van der Waals surface area (Å²) in [6.45, 7) is 5.47. The Kier molecular flexibility index (Phi) is 4.01. The maximum Gasteiger partial charge on any atom is 0.150 e. The monoisotopic (exact) mass is 272 g/mol. The topological polar surface area (TPSA) is 76.9 Å². The van der Waals surface area contributed by atoms with Crippen LogP contribution in [-0.2, 0) is 16.4 Å². The normalized spacial score (nSPS) is 22.7. The summed E-state index contributed by atoms with van der Waals surface area (Å²) in [5.74, 6) is 1.79. The van der Waals surface area contributed by atoms with Crippen LogP contribution in [0.2, 0.25) is 0 Å². The minimum atomic E-state index is -2.77. The van der Waals surface area contributed by atoms with E-state index in [-0.39, 0.29) is 12.0 Å². The molecule has 0 amide bonds. The van der Waals surface area contributed by atoms with Crippen LogP contribution in [0, 0.1) is 5.92 Å². The lowest BCUT2D eigenvalue weighted by atomic mass is 10.1. The number of rotatable bonds is 5. The molecule has 1 N–H and O–H groups in total. The van der Waals surface area contributed by atoms with Crippen LogP contribution in [0.4, 0.5) is 0 Å². The summed E-state index contributed by atoms with van der Waals surface area (Å²) in [4.78, 5) is 4.20. The van der Waals surface area contributed by atoms with Crippen molar-refractivity contribution in [3.05, 3.63) is 12.2 Å². The molecule has 2 heterocycles. The van der Waals surface area contributed by atoms with Gasteiger partial charge in [0.25, 0.3) is 0 Å². The number of hydrogen-bond donors (Lipinski definition) is 1. The predicted molar refractivity (Wildman–Crippen MR) is 68.9 cm³/mol. The van der Waals surface area contributed by atoms with Crippen molar-refractivity contribution in [2.24, 2.45) is 5.92 Å². The molecule has 7 heteroatoms. The van der Waals surface area contributed by atoms with Gasteiger partial charge in [0.2, 0.25) is 0 Å². The third-order valence-corrected chi connectivity index (χ3v) is 5.02. The summed E-state index contributed by atoms with van der Waals surface area (Å²) < 4.78 is 24.5. The second-order valence-corrected chi connectivity index (χ2v) is 7.34. The molecule has 0 radical (unpaired) electrons. The second-order valence-electron chi connectivity index (χ2n) is 5.11. The first-order valence-corrected chi connectivity index (χ1v) is 8.09. The first-order valence-electron chi connectivity index (χ1n) is 6.27. The highest BCUT2D eigenvalue weighted by Crippen LogP contribution is 2.17. The molecule has 6 nitrogen and oxygen atoms in total. The van der Waals surface area contributed by atoms with Crippen LogP contribution in [0.1, 0.15) is 32.1 Å². The van der Waals surface area contributed by atoms with Crippen molar-refractivity contribution in [3.63, 3.8) is 0 Å². The summed E-state index contributed by atoms with van der Waals surface area (Å²) in [6, 6.07) is 0.288. The van der Waals surface area contributed by atoms with Crippen molar-refractivity contribution >= 4 is 9.84 Å². The Morgan fingerprint density at radius 1 is 1.56 bits per heavy atom. The van der Waals surface area contributed by atoms with Crippen molar-refractivity contribution in [2.75, 3.05) is 18.1 Å². The summed E-state index contributed by atoms with van der Waals surface area (Å²) in [5, 5.41) is 7.43. The summed E-state index contributed by atoms with van der Waals surface area (Å²) in [5.41, 5.74) is 0. The molecule has 1 unspecified atom stereocenters. The smallest absolute Gasteiger partial charge is 0.150 e. The van der Waals surface area contributed by atoms with Crippen molar-refractivity contribution in [1.29, 1.82) is 0 Å². The van der Waals surface area contributed by atoms with E-state index < -0.39 is 9.84 Å².